The van der Waals surface area contributed by atoms with Crippen molar-refractivity contribution in [2.24, 2.45) is 0 Å². The van der Waals surface area contributed by atoms with Gasteiger partial charge < -0.3 is 10.2 Å². The van der Waals surface area contributed by atoms with Crippen molar-refractivity contribution >= 4 is 28.7 Å². The zero-order valence-electron chi connectivity index (χ0n) is 15.6. The van der Waals surface area contributed by atoms with E-state index in [2.05, 4.69) is 20.6 Å². The van der Waals surface area contributed by atoms with Gasteiger partial charge in [-0.25, -0.2) is 14.4 Å². The second-order valence-corrected chi connectivity index (χ2v) is 7.81. The molecule has 0 aliphatic carbocycles. The third-order valence-electron chi connectivity index (χ3n) is 4.92. The van der Waals surface area contributed by atoms with Gasteiger partial charge in [-0.2, -0.15) is 0 Å². The van der Waals surface area contributed by atoms with E-state index in [1.807, 2.05) is 18.3 Å². The minimum absolute atomic E-state index is 0.121. The Morgan fingerprint density at radius 2 is 1.93 bits per heavy atom. The van der Waals surface area contributed by atoms with Crippen LogP contribution in [0.15, 0.2) is 48.0 Å². The molecule has 2 aromatic heterocycles. The standard InChI is InChI=1S/C21H21FN4OS/c1-14(27)24-20-7-6-18(12-23-20)26-10-8-16(9-11-26)21-25-19(13-28-21)15-2-4-17(22)5-3-15/h2-7,12-13,16H,8-11H2,1H3,(H,23,24,27). The number of rotatable bonds is 4. The molecule has 5 nitrogen and oxygen atoms in total. The fourth-order valence-corrected chi connectivity index (χ4v) is 4.44. The van der Waals surface area contributed by atoms with Crippen LogP contribution in [-0.4, -0.2) is 29.0 Å². The summed E-state index contributed by atoms with van der Waals surface area (Å²) in [6, 6.07) is 10.3. The third kappa shape index (κ3) is 4.20. The molecule has 1 aliphatic heterocycles. The summed E-state index contributed by atoms with van der Waals surface area (Å²) >= 11 is 1.68. The lowest BCUT2D eigenvalue weighted by atomic mass is 9.97. The number of piperidine rings is 1. The SMILES string of the molecule is CC(=O)Nc1ccc(N2CCC(c3nc(-c4ccc(F)cc4)cs3)CC2)cn1. The molecule has 0 radical (unpaired) electrons. The summed E-state index contributed by atoms with van der Waals surface area (Å²) in [4.78, 5) is 22.5. The molecule has 0 bridgehead atoms. The monoisotopic (exact) mass is 396 g/mol. The highest BCUT2D eigenvalue weighted by Gasteiger charge is 2.23. The van der Waals surface area contributed by atoms with Crippen molar-refractivity contribution in [3.05, 3.63) is 58.8 Å². The maximum absolute atomic E-state index is 13.1. The molecule has 28 heavy (non-hydrogen) atoms. The van der Waals surface area contributed by atoms with Gasteiger partial charge in [-0.1, -0.05) is 0 Å². The highest BCUT2D eigenvalue weighted by Crippen LogP contribution is 2.34. The minimum Gasteiger partial charge on any atom is -0.370 e. The van der Waals surface area contributed by atoms with E-state index in [9.17, 15) is 9.18 Å². The number of anilines is 2. The number of halogens is 1. The van der Waals surface area contributed by atoms with Gasteiger partial charge in [0.05, 0.1) is 22.6 Å². The molecule has 1 saturated heterocycles. The fraction of sp³-hybridized carbons (Fsp3) is 0.286. The smallest absolute Gasteiger partial charge is 0.222 e. The predicted molar refractivity (Wildman–Crippen MR) is 110 cm³/mol. The molecule has 0 spiro atoms. The van der Waals surface area contributed by atoms with Crippen LogP contribution >= 0.6 is 11.3 Å². The summed E-state index contributed by atoms with van der Waals surface area (Å²) < 4.78 is 13.1. The second kappa shape index (κ2) is 8.06. The summed E-state index contributed by atoms with van der Waals surface area (Å²) in [6.45, 7) is 3.36. The molecule has 3 heterocycles. The first-order valence-electron chi connectivity index (χ1n) is 9.28. The number of thiazole rings is 1. The van der Waals surface area contributed by atoms with Crippen LogP contribution in [0.25, 0.3) is 11.3 Å². The van der Waals surface area contributed by atoms with E-state index < -0.39 is 0 Å². The number of nitrogens with one attached hydrogen (secondary N) is 1. The second-order valence-electron chi connectivity index (χ2n) is 6.92. The molecule has 144 valence electrons. The van der Waals surface area contributed by atoms with E-state index >= 15 is 0 Å². The maximum atomic E-state index is 13.1. The molecule has 0 atom stereocenters. The number of hydrogen-bond acceptors (Lipinski definition) is 5. The Morgan fingerprint density at radius 3 is 2.57 bits per heavy atom. The van der Waals surface area contributed by atoms with Gasteiger partial charge in [-0.15, -0.1) is 11.3 Å². The van der Waals surface area contributed by atoms with E-state index in [0.29, 0.717) is 11.7 Å². The van der Waals surface area contributed by atoms with Gasteiger partial charge in [0.25, 0.3) is 0 Å². The maximum Gasteiger partial charge on any atom is 0.222 e. The molecule has 1 amide bonds. The number of aromatic nitrogens is 2. The number of pyridine rings is 1. The molecule has 1 aliphatic rings. The van der Waals surface area contributed by atoms with Crippen molar-refractivity contribution in [1.29, 1.82) is 0 Å². The van der Waals surface area contributed by atoms with Gasteiger partial charge in [-0.05, 0) is 49.2 Å². The Bertz CT molecular complexity index is 947. The lowest BCUT2D eigenvalue weighted by Gasteiger charge is -2.32. The number of benzene rings is 1. The molecule has 1 fully saturated rings. The fourth-order valence-electron chi connectivity index (χ4n) is 3.44. The van der Waals surface area contributed by atoms with Crippen LogP contribution in [0.4, 0.5) is 15.9 Å². The normalized spacial score (nSPS) is 14.9. The molecule has 3 aromatic rings. The Morgan fingerprint density at radius 1 is 1.18 bits per heavy atom. The molecular formula is C21H21FN4OS. The Kier molecular flexibility index (Phi) is 5.34. The van der Waals surface area contributed by atoms with Gasteiger partial charge in [-0.3, -0.25) is 4.79 Å². The van der Waals surface area contributed by atoms with Gasteiger partial charge >= 0.3 is 0 Å². The van der Waals surface area contributed by atoms with E-state index in [1.165, 1.54) is 19.1 Å². The average molecular weight is 396 g/mol. The number of carbonyl (C=O) groups excluding carboxylic acids is 1. The Hall–Kier alpha value is -2.80. The van der Waals surface area contributed by atoms with E-state index in [4.69, 9.17) is 4.98 Å². The zero-order valence-corrected chi connectivity index (χ0v) is 16.4. The number of hydrogen-bond donors (Lipinski definition) is 1. The van der Waals surface area contributed by atoms with Crippen molar-refractivity contribution in [2.75, 3.05) is 23.3 Å². The lowest BCUT2D eigenvalue weighted by molar-refractivity contribution is -0.114. The molecule has 0 unspecified atom stereocenters. The van der Waals surface area contributed by atoms with Crippen molar-refractivity contribution in [3.8, 4) is 11.3 Å². The van der Waals surface area contributed by atoms with Crippen LogP contribution < -0.4 is 10.2 Å². The summed E-state index contributed by atoms with van der Waals surface area (Å²) in [5.41, 5.74) is 2.94. The van der Waals surface area contributed by atoms with E-state index in [-0.39, 0.29) is 11.7 Å². The third-order valence-corrected chi connectivity index (χ3v) is 5.93. The first-order valence-corrected chi connectivity index (χ1v) is 10.2. The molecule has 4 rings (SSSR count). The van der Waals surface area contributed by atoms with Crippen molar-refractivity contribution in [1.82, 2.24) is 9.97 Å². The summed E-state index contributed by atoms with van der Waals surface area (Å²) in [5, 5.41) is 5.89. The van der Waals surface area contributed by atoms with Crippen LogP contribution in [0.3, 0.4) is 0 Å². The molecular weight excluding hydrogens is 375 g/mol. The van der Waals surface area contributed by atoms with Crippen LogP contribution in [0.1, 0.15) is 30.7 Å². The highest BCUT2D eigenvalue weighted by atomic mass is 32.1. The topological polar surface area (TPSA) is 58.1 Å². The molecule has 7 heteroatoms. The number of amides is 1. The van der Waals surface area contributed by atoms with Crippen LogP contribution in [-0.2, 0) is 4.79 Å². The van der Waals surface area contributed by atoms with Gasteiger partial charge in [0, 0.05) is 36.9 Å². The molecule has 1 N–H and O–H groups in total. The Balaban J connectivity index is 1.38. The van der Waals surface area contributed by atoms with Crippen LogP contribution in [0, 0.1) is 5.82 Å². The zero-order chi connectivity index (χ0) is 19.5. The van der Waals surface area contributed by atoms with E-state index in [0.717, 1.165) is 47.9 Å². The van der Waals surface area contributed by atoms with Crippen LogP contribution in [0.2, 0.25) is 0 Å². The lowest BCUT2D eigenvalue weighted by Crippen LogP contribution is -2.32. The largest absolute Gasteiger partial charge is 0.370 e. The first-order chi connectivity index (χ1) is 13.6. The first kappa shape index (κ1) is 18.6. The average Bonchev–Trinajstić information content (AvgIpc) is 3.19. The molecule has 1 aromatic carbocycles. The summed E-state index contributed by atoms with van der Waals surface area (Å²) in [7, 11) is 0. The number of nitrogens with zero attached hydrogens (tertiary/aromatic N) is 3. The Labute approximate surface area is 167 Å². The van der Waals surface area contributed by atoms with E-state index in [1.54, 1.807) is 23.5 Å². The quantitative estimate of drug-likeness (QED) is 0.695. The van der Waals surface area contributed by atoms with Crippen molar-refractivity contribution < 1.29 is 9.18 Å². The highest BCUT2D eigenvalue weighted by molar-refractivity contribution is 7.10. The summed E-state index contributed by atoms with van der Waals surface area (Å²) in [5.74, 6) is 0.667. The summed E-state index contributed by atoms with van der Waals surface area (Å²) in [6.07, 6.45) is 3.87. The van der Waals surface area contributed by atoms with Gasteiger partial charge in [0.2, 0.25) is 5.91 Å². The van der Waals surface area contributed by atoms with Crippen molar-refractivity contribution in [3.63, 3.8) is 0 Å². The predicted octanol–water partition coefficient (Wildman–Crippen LogP) is 4.69. The van der Waals surface area contributed by atoms with Crippen molar-refractivity contribution in [2.45, 2.75) is 25.7 Å². The van der Waals surface area contributed by atoms with Crippen LogP contribution in [0.5, 0.6) is 0 Å². The minimum atomic E-state index is -0.230. The molecule has 0 saturated carbocycles. The van der Waals surface area contributed by atoms with Gasteiger partial charge in [0.15, 0.2) is 0 Å². The number of carbonyl (C=O) groups is 1. The van der Waals surface area contributed by atoms with Gasteiger partial charge in [0.1, 0.15) is 11.6 Å².